The first-order chi connectivity index (χ1) is 9.08. The Morgan fingerprint density at radius 3 is 2.95 bits per heavy atom. The van der Waals surface area contributed by atoms with E-state index in [1.165, 1.54) is 22.9 Å². The molecule has 0 spiro atoms. The highest BCUT2D eigenvalue weighted by Gasteiger charge is 2.13. The van der Waals surface area contributed by atoms with Crippen molar-refractivity contribution in [3.8, 4) is 0 Å². The quantitative estimate of drug-likeness (QED) is 0.474. The standard InChI is InChI=1S/C12H11N3O4/c1-14-6-5-13-11(14)12(16)19-8-9-3-2-4-10(7-9)15(17)18/h2-7H,8H2,1H3. The molecule has 2 aromatic rings. The largest absolute Gasteiger partial charge is 0.455 e. The zero-order valence-electron chi connectivity index (χ0n) is 10.1. The molecule has 0 aliphatic heterocycles. The molecule has 19 heavy (non-hydrogen) atoms. The summed E-state index contributed by atoms with van der Waals surface area (Å²) in [7, 11) is 1.68. The second kappa shape index (κ2) is 5.30. The molecule has 1 aromatic carbocycles. The molecule has 0 aliphatic carbocycles. The third kappa shape index (κ3) is 2.95. The number of imidazole rings is 1. The lowest BCUT2D eigenvalue weighted by Gasteiger charge is -2.04. The zero-order chi connectivity index (χ0) is 13.8. The van der Waals surface area contributed by atoms with Crippen LogP contribution < -0.4 is 0 Å². The number of carbonyl (C=O) groups is 1. The minimum atomic E-state index is -0.570. The number of ether oxygens (including phenoxy) is 1. The van der Waals surface area contributed by atoms with Crippen LogP contribution in [-0.2, 0) is 18.4 Å². The van der Waals surface area contributed by atoms with Gasteiger partial charge in [-0.2, -0.15) is 0 Å². The zero-order valence-corrected chi connectivity index (χ0v) is 10.1. The normalized spacial score (nSPS) is 10.2. The van der Waals surface area contributed by atoms with Crippen LogP contribution in [0, 0.1) is 10.1 Å². The van der Waals surface area contributed by atoms with E-state index in [0.717, 1.165) is 0 Å². The molecule has 0 radical (unpaired) electrons. The van der Waals surface area contributed by atoms with E-state index >= 15 is 0 Å². The summed E-state index contributed by atoms with van der Waals surface area (Å²) in [6, 6.07) is 5.94. The van der Waals surface area contributed by atoms with E-state index in [0.29, 0.717) is 5.56 Å². The van der Waals surface area contributed by atoms with Gasteiger partial charge in [0, 0.05) is 31.6 Å². The first kappa shape index (κ1) is 12.7. The fraction of sp³-hybridized carbons (Fsp3) is 0.167. The number of nitro groups is 1. The number of nitrogens with zero attached hydrogens (tertiary/aromatic N) is 3. The number of carbonyl (C=O) groups excluding carboxylic acids is 1. The molecule has 0 fully saturated rings. The summed E-state index contributed by atoms with van der Waals surface area (Å²) in [6.45, 7) is -0.0344. The number of rotatable bonds is 4. The summed E-state index contributed by atoms with van der Waals surface area (Å²) >= 11 is 0. The third-order valence-electron chi connectivity index (χ3n) is 2.50. The smallest absolute Gasteiger partial charge is 0.374 e. The number of aromatic nitrogens is 2. The second-order valence-corrected chi connectivity index (χ2v) is 3.86. The topological polar surface area (TPSA) is 87.3 Å². The van der Waals surface area contributed by atoms with Crippen LogP contribution in [0.1, 0.15) is 16.2 Å². The highest BCUT2D eigenvalue weighted by atomic mass is 16.6. The highest BCUT2D eigenvalue weighted by molar-refractivity contribution is 5.85. The summed E-state index contributed by atoms with van der Waals surface area (Å²) in [5.74, 6) is -0.385. The van der Waals surface area contributed by atoms with Crippen LogP contribution in [0.15, 0.2) is 36.7 Å². The lowest BCUT2D eigenvalue weighted by molar-refractivity contribution is -0.384. The molecule has 0 saturated heterocycles. The van der Waals surface area contributed by atoms with Crippen molar-refractivity contribution in [2.75, 3.05) is 0 Å². The van der Waals surface area contributed by atoms with E-state index in [1.807, 2.05) is 0 Å². The van der Waals surface area contributed by atoms with Crippen molar-refractivity contribution >= 4 is 11.7 Å². The summed E-state index contributed by atoms with van der Waals surface area (Å²) in [5.41, 5.74) is 0.516. The van der Waals surface area contributed by atoms with Gasteiger partial charge in [-0.05, 0) is 5.56 Å². The van der Waals surface area contributed by atoms with Crippen molar-refractivity contribution in [2.45, 2.75) is 6.61 Å². The number of aryl methyl sites for hydroxylation is 1. The Morgan fingerprint density at radius 2 is 2.32 bits per heavy atom. The van der Waals surface area contributed by atoms with Gasteiger partial charge in [0.05, 0.1) is 4.92 Å². The van der Waals surface area contributed by atoms with E-state index in [1.54, 1.807) is 25.4 Å². The van der Waals surface area contributed by atoms with Gasteiger partial charge in [-0.1, -0.05) is 12.1 Å². The summed E-state index contributed by atoms with van der Waals surface area (Å²) in [6.07, 6.45) is 3.12. The molecule has 0 saturated carbocycles. The van der Waals surface area contributed by atoms with Crippen molar-refractivity contribution in [2.24, 2.45) is 7.05 Å². The van der Waals surface area contributed by atoms with Gasteiger partial charge < -0.3 is 9.30 Å². The Balaban J connectivity index is 2.03. The molecule has 7 nitrogen and oxygen atoms in total. The van der Waals surface area contributed by atoms with Crippen molar-refractivity contribution in [3.05, 3.63) is 58.2 Å². The molecule has 7 heteroatoms. The van der Waals surface area contributed by atoms with E-state index in [4.69, 9.17) is 4.74 Å². The van der Waals surface area contributed by atoms with Gasteiger partial charge in [0.25, 0.3) is 5.69 Å². The number of benzene rings is 1. The van der Waals surface area contributed by atoms with Gasteiger partial charge in [0.2, 0.25) is 5.82 Å². The molecular weight excluding hydrogens is 250 g/mol. The summed E-state index contributed by atoms with van der Waals surface area (Å²) < 4.78 is 6.58. The fourth-order valence-corrected chi connectivity index (χ4v) is 1.54. The SMILES string of the molecule is Cn1ccnc1C(=O)OCc1cccc([N+](=O)[O-])c1. The molecule has 98 valence electrons. The van der Waals surface area contributed by atoms with E-state index in [9.17, 15) is 14.9 Å². The Bertz CT molecular complexity index is 621. The molecule has 0 bridgehead atoms. The predicted molar refractivity (Wildman–Crippen MR) is 65.4 cm³/mol. The highest BCUT2D eigenvalue weighted by Crippen LogP contribution is 2.14. The molecule has 0 amide bonds. The van der Waals surface area contributed by atoms with Crippen LogP contribution in [0.25, 0.3) is 0 Å². The number of non-ortho nitro benzene ring substituents is 1. The van der Waals surface area contributed by atoms with Gasteiger partial charge in [-0.3, -0.25) is 10.1 Å². The second-order valence-electron chi connectivity index (χ2n) is 3.86. The Hall–Kier alpha value is -2.70. The Kier molecular flexibility index (Phi) is 3.56. The maximum absolute atomic E-state index is 11.7. The molecule has 0 atom stereocenters. The number of hydrogen-bond donors (Lipinski definition) is 0. The van der Waals surface area contributed by atoms with E-state index in [-0.39, 0.29) is 18.1 Å². The van der Waals surface area contributed by atoms with Crippen LogP contribution in [0.2, 0.25) is 0 Å². The van der Waals surface area contributed by atoms with Crippen LogP contribution in [0.5, 0.6) is 0 Å². The first-order valence-corrected chi connectivity index (χ1v) is 5.45. The Labute approximate surface area is 108 Å². The predicted octanol–water partition coefficient (Wildman–Crippen LogP) is 1.69. The Morgan fingerprint density at radius 1 is 1.53 bits per heavy atom. The van der Waals surface area contributed by atoms with Crippen LogP contribution in [0.4, 0.5) is 5.69 Å². The summed E-state index contributed by atoms with van der Waals surface area (Å²) in [5, 5.41) is 10.6. The lowest BCUT2D eigenvalue weighted by Crippen LogP contribution is -2.11. The van der Waals surface area contributed by atoms with Crippen molar-refractivity contribution in [3.63, 3.8) is 0 Å². The number of nitro benzene ring substituents is 1. The monoisotopic (exact) mass is 261 g/mol. The summed E-state index contributed by atoms with van der Waals surface area (Å²) in [4.78, 5) is 25.6. The number of hydrogen-bond acceptors (Lipinski definition) is 5. The molecule has 0 N–H and O–H groups in total. The van der Waals surface area contributed by atoms with Gasteiger partial charge in [0.1, 0.15) is 6.61 Å². The van der Waals surface area contributed by atoms with Crippen molar-refractivity contribution in [1.82, 2.24) is 9.55 Å². The van der Waals surface area contributed by atoms with Gasteiger partial charge in [-0.25, -0.2) is 9.78 Å². The average Bonchev–Trinajstić information content (AvgIpc) is 2.82. The molecular formula is C12H11N3O4. The lowest BCUT2D eigenvalue weighted by atomic mass is 10.2. The number of esters is 1. The van der Waals surface area contributed by atoms with E-state index < -0.39 is 10.9 Å². The van der Waals surface area contributed by atoms with Gasteiger partial charge in [0.15, 0.2) is 0 Å². The molecule has 0 unspecified atom stereocenters. The maximum Gasteiger partial charge on any atom is 0.374 e. The van der Waals surface area contributed by atoms with Crippen LogP contribution in [-0.4, -0.2) is 20.4 Å². The third-order valence-corrected chi connectivity index (χ3v) is 2.50. The van der Waals surface area contributed by atoms with Gasteiger partial charge >= 0.3 is 5.97 Å². The molecule has 0 aliphatic rings. The molecule has 1 heterocycles. The molecule has 2 rings (SSSR count). The average molecular weight is 261 g/mol. The molecule has 1 aromatic heterocycles. The van der Waals surface area contributed by atoms with Crippen molar-refractivity contribution in [1.29, 1.82) is 0 Å². The minimum Gasteiger partial charge on any atom is -0.455 e. The van der Waals surface area contributed by atoms with Crippen LogP contribution >= 0.6 is 0 Å². The maximum atomic E-state index is 11.7. The van der Waals surface area contributed by atoms with Crippen LogP contribution in [0.3, 0.4) is 0 Å². The van der Waals surface area contributed by atoms with Crippen molar-refractivity contribution < 1.29 is 14.5 Å². The minimum absolute atomic E-state index is 0.0344. The first-order valence-electron chi connectivity index (χ1n) is 5.45. The van der Waals surface area contributed by atoms with E-state index in [2.05, 4.69) is 4.98 Å². The fourth-order valence-electron chi connectivity index (χ4n) is 1.54. The van der Waals surface area contributed by atoms with Gasteiger partial charge in [-0.15, -0.1) is 0 Å².